The molecule has 0 spiro atoms. The highest BCUT2D eigenvalue weighted by Crippen LogP contribution is 2.32. The number of aromatic nitrogens is 2. The normalized spacial score (nSPS) is 10.9. The van der Waals surface area contributed by atoms with E-state index in [2.05, 4.69) is 10.3 Å². The van der Waals surface area contributed by atoms with Crippen LogP contribution in [0.4, 0.5) is 5.69 Å². The molecule has 4 aromatic rings. The number of ether oxygens (including phenoxy) is 1. The zero-order chi connectivity index (χ0) is 21.1. The highest BCUT2D eigenvalue weighted by molar-refractivity contribution is 7.99. The first-order valence-electron chi connectivity index (χ1n) is 9.18. The van der Waals surface area contributed by atoms with Crippen molar-refractivity contribution in [1.82, 2.24) is 9.55 Å². The molecule has 4 rings (SSSR count). The SMILES string of the molecule is COc1ccccc1NC(=O)CSc1nc2cc(-c3ccccc3)sc2c(=O)n1C. The van der Waals surface area contributed by atoms with Crippen molar-refractivity contribution >= 4 is 44.9 Å². The van der Waals surface area contributed by atoms with Gasteiger partial charge in [-0.3, -0.25) is 14.2 Å². The molecule has 0 saturated heterocycles. The Bertz CT molecular complexity index is 1270. The number of anilines is 1. The lowest BCUT2D eigenvalue weighted by Crippen LogP contribution is -2.20. The molecule has 0 aliphatic heterocycles. The second-order valence-corrected chi connectivity index (χ2v) is 8.48. The maximum absolute atomic E-state index is 12.8. The van der Waals surface area contributed by atoms with E-state index in [0.717, 1.165) is 10.4 Å². The van der Waals surface area contributed by atoms with Gasteiger partial charge in [-0.2, -0.15) is 0 Å². The number of nitrogens with one attached hydrogen (secondary N) is 1. The van der Waals surface area contributed by atoms with E-state index in [1.54, 1.807) is 26.3 Å². The van der Waals surface area contributed by atoms with Gasteiger partial charge < -0.3 is 10.1 Å². The molecule has 2 aromatic carbocycles. The number of carbonyl (C=O) groups excluding carboxylic acids is 1. The molecule has 0 saturated carbocycles. The molecule has 0 radical (unpaired) electrons. The van der Waals surface area contributed by atoms with Crippen LogP contribution in [0.15, 0.2) is 70.6 Å². The number of hydrogen-bond acceptors (Lipinski definition) is 6. The van der Waals surface area contributed by atoms with E-state index in [9.17, 15) is 9.59 Å². The van der Waals surface area contributed by atoms with Crippen LogP contribution in [0.2, 0.25) is 0 Å². The van der Waals surface area contributed by atoms with Crippen molar-refractivity contribution in [1.29, 1.82) is 0 Å². The van der Waals surface area contributed by atoms with Gasteiger partial charge in [0.05, 0.1) is 24.1 Å². The molecule has 30 heavy (non-hydrogen) atoms. The van der Waals surface area contributed by atoms with Crippen LogP contribution in [0, 0.1) is 0 Å². The zero-order valence-corrected chi connectivity index (χ0v) is 18.0. The van der Waals surface area contributed by atoms with Crippen LogP contribution in [0.5, 0.6) is 5.75 Å². The van der Waals surface area contributed by atoms with Gasteiger partial charge in [0.2, 0.25) is 5.91 Å². The van der Waals surface area contributed by atoms with Crippen LogP contribution in [0.25, 0.3) is 20.7 Å². The summed E-state index contributed by atoms with van der Waals surface area (Å²) in [5.41, 5.74) is 2.19. The fourth-order valence-corrected chi connectivity index (χ4v) is 4.82. The number of para-hydroxylation sites is 2. The number of methoxy groups -OCH3 is 1. The summed E-state index contributed by atoms with van der Waals surface area (Å²) in [5, 5.41) is 3.33. The zero-order valence-electron chi connectivity index (χ0n) is 16.4. The summed E-state index contributed by atoms with van der Waals surface area (Å²) in [4.78, 5) is 30.8. The molecule has 0 fully saturated rings. The van der Waals surface area contributed by atoms with E-state index in [1.165, 1.54) is 27.7 Å². The first-order chi connectivity index (χ1) is 14.6. The van der Waals surface area contributed by atoms with Gasteiger partial charge >= 0.3 is 0 Å². The Balaban J connectivity index is 1.55. The third-order valence-corrected chi connectivity index (χ3v) is 6.68. The van der Waals surface area contributed by atoms with Gasteiger partial charge in [-0.05, 0) is 23.8 Å². The predicted molar refractivity (Wildman–Crippen MR) is 123 cm³/mol. The number of amides is 1. The fourth-order valence-electron chi connectivity index (χ4n) is 2.97. The van der Waals surface area contributed by atoms with Crippen molar-refractivity contribution in [3.05, 3.63) is 71.0 Å². The first kappa shape index (κ1) is 20.2. The van der Waals surface area contributed by atoms with Crippen molar-refractivity contribution in [2.75, 3.05) is 18.2 Å². The topological polar surface area (TPSA) is 73.2 Å². The van der Waals surface area contributed by atoms with Crippen molar-refractivity contribution < 1.29 is 9.53 Å². The minimum Gasteiger partial charge on any atom is -0.495 e. The van der Waals surface area contributed by atoms with E-state index < -0.39 is 0 Å². The highest BCUT2D eigenvalue weighted by atomic mass is 32.2. The number of rotatable bonds is 6. The van der Waals surface area contributed by atoms with Crippen molar-refractivity contribution in [2.45, 2.75) is 5.16 Å². The van der Waals surface area contributed by atoms with E-state index >= 15 is 0 Å². The number of hydrogen-bond donors (Lipinski definition) is 1. The summed E-state index contributed by atoms with van der Waals surface area (Å²) in [6, 6.07) is 19.0. The van der Waals surface area contributed by atoms with E-state index in [0.29, 0.717) is 26.8 Å². The maximum Gasteiger partial charge on any atom is 0.271 e. The third-order valence-electron chi connectivity index (χ3n) is 4.49. The highest BCUT2D eigenvalue weighted by Gasteiger charge is 2.15. The van der Waals surface area contributed by atoms with Crippen LogP contribution in [0.3, 0.4) is 0 Å². The number of nitrogens with zero attached hydrogens (tertiary/aromatic N) is 2. The summed E-state index contributed by atoms with van der Waals surface area (Å²) in [6.07, 6.45) is 0. The van der Waals surface area contributed by atoms with Crippen LogP contribution >= 0.6 is 23.1 Å². The van der Waals surface area contributed by atoms with E-state index in [-0.39, 0.29) is 17.2 Å². The summed E-state index contributed by atoms with van der Waals surface area (Å²) < 4.78 is 7.36. The molecule has 0 aliphatic rings. The first-order valence-corrected chi connectivity index (χ1v) is 11.0. The Hall–Kier alpha value is -3.10. The average molecular weight is 438 g/mol. The molecule has 0 unspecified atom stereocenters. The van der Waals surface area contributed by atoms with Crippen molar-refractivity contribution in [3.8, 4) is 16.2 Å². The standard InChI is InChI=1S/C22H19N3O3S2/c1-25-21(27)20-16(12-18(30-20)14-8-4-3-5-9-14)24-22(25)29-13-19(26)23-15-10-6-7-11-17(15)28-2/h3-12H,13H2,1-2H3,(H,23,26). The molecule has 0 atom stereocenters. The molecule has 0 bridgehead atoms. The van der Waals surface area contributed by atoms with Gasteiger partial charge in [0.15, 0.2) is 5.16 Å². The molecule has 2 aromatic heterocycles. The number of carbonyl (C=O) groups is 1. The summed E-state index contributed by atoms with van der Waals surface area (Å²) in [7, 11) is 3.23. The number of thioether (sulfide) groups is 1. The number of thiophene rings is 1. The van der Waals surface area contributed by atoms with Crippen molar-refractivity contribution in [2.24, 2.45) is 7.05 Å². The van der Waals surface area contributed by atoms with Crippen LogP contribution in [0.1, 0.15) is 0 Å². The summed E-state index contributed by atoms with van der Waals surface area (Å²) >= 11 is 2.66. The lowest BCUT2D eigenvalue weighted by Gasteiger charge is -2.10. The molecule has 2 heterocycles. The van der Waals surface area contributed by atoms with Crippen LogP contribution in [-0.4, -0.2) is 28.3 Å². The largest absolute Gasteiger partial charge is 0.495 e. The van der Waals surface area contributed by atoms with E-state index in [1.807, 2.05) is 48.5 Å². The Labute approximate surface area is 181 Å². The number of fused-ring (bicyclic) bond motifs is 1. The van der Waals surface area contributed by atoms with Gasteiger partial charge in [-0.1, -0.05) is 54.2 Å². The molecular weight excluding hydrogens is 418 g/mol. The second kappa shape index (κ2) is 8.73. The van der Waals surface area contributed by atoms with Gasteiger partial charge in [0.25, 0.3) is 5.56 Å². The van der Waals surface area contributed by atoms with Crippen LogP contribution < -0.4 is 15.6 Å². The Kier molecular flexibility index (Phi) is 5.87. The van der Waals surface area contributed by atoms with Gasteiger partial charge in [0.1, 0.15) is 10.4 Å². The molecule has 8 heteroatoms. The third kappa shape index (κ3) is 4.10. The lowest BCUT2D eigenvalue weighted by atomic mass is 10.2. The Morgan fingerprint density at radius 3 is 2.67 bits per heavy atom. The molecule has 6 nitrogen and oxygen atoms in total. The fraction of sp³-hybridized carbons (Fsp3) is 0.136. The smallest absolute Gasteiger partial charge is 0.271 e. The lowest BCUT2D eigenvalue weighted by molar-refractivity contribution is -0.113. The second-order valence-electron chi connectivity index (χ2n) is 6.49. The molecule has 152 valence electrons. The minimum absolute atomic E-state index is 0.111. The van der Waals surface area contributed by atoms with Gasteiger partial charge in [0, 0.05) is 11.9 Å². The quantitative estimate of drug-likeness (QED) is 0.357. The monoisotopic (exact) mass is 437 g/mol. The Morgan fingerprint density at radius 1 is 1.17 bits per heavy atom. The predicted octanol–water partition coefficient (Wildman–Crippen LogP) is 4.40. The van der Waals surface area contributed by atoms with Gasteiger partial charge in [-0.15, -0.1) is 11.3 Å². The molecule has 1 N–H and O–H groups in total. The number of benzene rings is 2. The maximum atomic E-state index is 12.8. The van der Waals surface area contributed by atoms with Crippen LogP contribution in [-0.2, 0) is 11.8 Å². The van der Waals surface area contributed by atoms with Crippen molar-refractivity contribution in [3.63, 3.8) is 0 Å². The molecule has 1 amide bonds. The van der Waals surface area contributed by atoms with E-state index in [4.69, 9.17) is 4.74 Å². The summed E-state index contributed by atoms with van der Waals surface area (Å²) in [6.45, 7) is 0. The minimum atomic E-state index is -0.200. The summed E-state index contributed by atoms with van der Waals surface area (Å²) in [5.74, 6) is 0.517. The molecule has 0 aliphatic carbocycles. The van der Waals surface area contributed by atoms with Gasteiger partial charge in [-0.25, -0.2) is 4.98 Å². The Morgan fingerprint density at radius 2 is 1.90 bits per heavy atom. The average Bonchev–Trinajstić information content (AvgIpc) is 3.20. The molecular formula is C22H19N3O3S2.